The van der Waals surface area contributed by atoms with Crippen molar-refractivity contribution in [2.24, 2.45) is 5.10 Å². The largest absolute Gasteiger partial charge is 0.507 e. The number of nitrogens with one attached hydrogen (secondary N) is 1. The lowest BCUT2D eigenvalue weighted by molar-refractivity contribution is 0.0952. The Labute approximate surface area is 132 Å². The van der Waals surface area contributed by atoms with Crippen LogP contribution in [0.4, 0.5) is 0 Å². The number of benzene rings is 2. The maximum absolute atomic E-state index is 11.8. The van der Waals surface area contributed by atoms with E-state index in [9.17, 15) is 9.90 Å². The van der Waals surface area contributed by atoms with E-state index in [1.54, 1.807) is 24.3 Å². The third kappa shape index (κ3) is 3.74. The van der Waals surface area contributed by atoms with Gasteiger partial charge in [0.2, 0.25) is 0 Å². The summed E-state index contributed by atoms with van der Waals surface area (Å²) >= 11 is 11.9. The van der Waals surface area contributed by atoms with E-state index in [2.05, 4.69) is 10.5 Å². The summed E-state index contributed by atoms with van der Waals surface area (Å²) in [4.78, 5) is 11.8. The van der Waals surface area contributed by atoms with Crippen LogP contribution in [0, 0.1) is 6.92 Å². The fourth-order valence-corrected chi connectivity index (χ4v) is 2.20. The first-order valence-corrected chi connectivity index (χ1v) is 6.81. The van der Waals surface area contributed by atoms with Crippen LogP contribution in [-0.2, 0) is 0 Å². The van der Waals surface area contributed by atoms with Crippen molar-refractivity contribution >= 4 is 35.3 Å². The zero-order chi connectivity index (χ0) is 15.4. The summed E-state index contributed by atoms with van der Waals surface area (Å²) in [5, 5.41) is 14.4. The first kappa shape index (κ1) is 15.4. The smallest absolute Gasteiger partial charge is 0.275 e. The monoisotopic (exact) mass is 322 g/mol. The van der Waals surface area contributed by atoms with Crippen LogP contribution in [0.25, 0.3) is 0 Å². The molecule has 0 saturated carbocycles. The van der Waals surface area contributed by atoms with Crippen LogP contribution in [0.2, 0.25) is 10.0 Å². The van der Waals surface area contributed by atoms with Gasteiger partial charge in [-0.2, -0.15) is 5.10 Å². The molecule has 0 aliphatic rings. The molecule has 1 amide bonds. The lowest BCUT2D eigenvalue weighted by Crippen LogP contribution is -2.17. The molecule has 6 heteroatoms. The number of amides is 1. The van der Waals surface area contributed by atoms with Gasteiger partial charge >= 0.3 is 0 Å². The average molecular weight is 323 g/mol. The zero-order valence-electron chi connectivity index (χ0n) is 11.1. The summed E-state index contributed by atoms with van der Waals surface area (Å²) in [5.41, 5.74) is 3.99. The zero-order valence-corrected chi connectivity index (χ0v) is 12.6. The fourth-order valence-electron chi connectivity index (χ4n) is 1.69. The SMILES string of the molecule is Cc1c(Cl)cc(Cl)cc1/C=N/NC(=O)c1ccccc1O. The molecule has 0 atom stereocenters. The molecule has 0 spiro atoms. The molecular formula is C15H12Cl2N2O2. The number of nitrogens with zero attached hydrogens (tertiary/aromatic N) is 1. The molecule has 0 radical (unpaired) electrons. The van der Waals surface area contributed by atoms with Crippen LogP contribution in [0.1, 0.15) is 21.5 Å². The van der Waals surface area contributed by atoms with E-state index in [0.717, 1.165) is 5.56 Å². The molecule has 0 aromatic heterocycles. The number of halogens is 2. The highest BCUT2D eigenvalue weighted by Crippen LogP contribution is 2.23. The third-order valence-electron chi connectivity index (χ3n) is 2.87. The molecule has 4 nitrogen and oxygen atoms in total. The summed E-state index contributed by atoms with van der Waals surface area (Å²) in [6.45, 7) is 1.82. The van der Waals surface area contributed by atoms with E-state index in [1.165, 1.54) is 18.3 Å². The molecule has 0 heterocycles. The minimum Gasteiger partial charge on any atom is -0.507 e. The van der Waals surface area contributed by atoms with E-state index >= 15 is 0 Å². The van der Waals surface area contributed by atoms with Crippen molar-refractivity contribution in [2.45, 2.75) is 6.92 Å². The van der Waals surface area contributed by atoms with Gasteiger partial charge in [-0.05, 0) is 36.8 Å². The van der Waals surface area contributed by atoms with Crippen LogP contribution >= 0.6 is 23.2 Å². The van der Waals surface area contributed by atoms with Crippen molar-refractivity contribution in [3.05, 3.63) is 63.1 Å². The van der Waals surface area contributed by atoms with Crippen molar-refractivity contribution in [3.63, 3.8) is 0 Å². The number of hydrogen-bond acceptors (Lipinski definition) is 3. The van der Waals surface area contributed by atoms with Crippen LogP contribution in [0.3, 0.4) is 0 Å². The third-order valence-corrected chi connectivity index (χ3v) is 3.48. The van der Waals surface area contributed by atoms with Crippen LogP contribution < -0.4 is 5.43 Å². The number of phenolic OH excluding ortho intramolecular Hbond substituents is 1. The van der Waals surface area contributed by atoms with Crippen molar-refractivity contribution in [3.8, 4) is 5.75 Å². The molecule has 2 rings (SSSR count). The summed E-state index contributed by atoms with van der Waals surface area (Å²) in [6.07, 6.45) is 1.45. The maximum Gasteiger partial charge on any atom is 0.275 e. The highest BCUT2D eigenvalue weighted by atomic mass is 35.5. The number of phenols is 1. The molecule has 0 fully saturated rings. The summed E-state index contributed by atoms with van der Waals surface area (Å²) in [5.74, 6) is -0.609. The quantitative estimate of drug-likeness (QED) is 0.667. The van der Waals surface area contributed by atoms with E-state index in [1.807, 2.05) is 6.92 Å². The first-order chi connectivity index (χ1) is 9.99. The number of aromatic hydroxyl groups is 1. The van der Waals surface area contributed by atoms with Gasteiger partial charge in [0, 0.05) is 15.6 Å². The summed E-state index contributed by atoms with van der Waals surface area (Å²) in [7, 11) is 0. The van der Waals surface area contributed by atoms with Crippen LogP contribution in [-0.4, -0.2) is 17.2 Å². The van der Waals surface area contributed by atoms with Gasteiger partial charge in [-0.1, -0.05) is 35.3 Å². The van der Waals surface area contributed by atoms with E-state index in [-0.39, 0.29) is 11.3 Å². The second-order valence-corrected chi connectivity index (χ2v) is 5.16. The maximum atomic E-state index is 11.8. The molecule has 0 aliphatic carbocycles. The van der Waals surface area contributed by atoms with Crippen LogP contribution in [0.15, 0.2) is 41.5 Å². The highest BCUT2D eigenvalue weighted by molar-refractivity contribution is 6.35. The average Bonchev–Trinajstić information content (AvgIpc) is 2.44. The Bertz CT molecular complexity index is 715. The Balaban J connectivity index is 2.13. The van der Waals surface area contributed by atoms with Crippen molar-refractivity contribution < 1.29 is 9.90 Å². The van der Waals surface area contributed by atoms with Gasteiger partial charge in [-0.15, -0.1) is 0 Å². The van der Waals surface area contributed by atoms with Gasteiger partial charge in [0.1, 0.15) is 5.75 Å². The van der Waals surface area contributed by atoms with Gasteiger partial charge in [-0.25, -0.2) is 5.43 Å². The topological polar surface area (TPSA) is 61.7 Å². The lowest BCUT2D eigenvalue weighted by Gasteiger charge is -2.04. The lowest BCUT2D eigenvalue weighted by atomic mass is 10.1. The normalized spacial score (nSPS) is 10.8. The Morgan fingerprint density at radius 3 is 2.71 bits per heavy atom. The molecule has 2 N–H and O–H groups in total. The molecular weight excluding hydrogens is 311 g/mol. The Hall–Kier alpha value is -2.04. The van der Waals surface area contributed by atoms with E-state index in [0.29, 0.717) is 15.6 Å². The molecule has 2 aromatic rings. The van der Waals surface area contributed by atoms with Gasteiger partial charge in [0.15, 0.2) is 0 Å². The van der Waals surface area contributed by atoms with E-state index < -0.39 is 5.91 Å². The summed E-state index contributed by atoms with van der Waals surface area (Å²) < 4.78 is 0. The number of hydrogen-bond donors (Lipinski definition) is 2. The molecule has 2 aromatic carbocycles. The van der Waals surface area contributed by atoms with Gasteiger partial charge < -0.3 is 5.11 Å². The molecule has 0 saturated heterocycles. The van der Waals surface area contributed by atoms with E-state index in [4.69, 9.17) is 23.2 Å². The Morgan fingerprint density at radius 2 is 2.00 bits per heavy atom. The standard InChI is InChI=1S/C15H12Cl2N2O2/c1-9-10(6-11(16)7-13(9)17)8-18-19-15(21)12-4-2-3-5-14(12)20/h2-8,20H,1H3,(H,19,21)/b18-8+. The van der Waals surface area contributed by atoms with Crippen LogP contribution in [0.5, 0.6) is 5.75 Å². The Kier molecular flexibility index (Phi) is 4.83. The summed E-state index contributed by atoms with van der Waals surface area (Å²) in [6, 6.07) is 9.54. The predicted molar refractivity (Wildman–Crippen MR) is 84.4 cm³/mol. The van der Waals surface area contributed by atoms with Crippen molar-refractivity contribution in [1.29, 1.82) is 0 Å². The number of hydrazone groups is 1. The second-order valence-electron chi connectivity index (χ2n) is 4.32. The fraction of sp³-hybridized carbons (Fsp3) is 0.0667. The Morgan fingerprint density at radius 1 is 1.29 bits per heavy atom. The first-order valence-electron chi connectivity index (χ1n) is 6.06. The molecule has 21 heavy (non-hydrogen) atoms. The van der Waals surface area contributed by atoms with Gasteiger partial charge in [-0.3, -0.25) is 4.79 Å². The molecule has 0 unspecified atom stereocenters. The number of carbonyl (C=O) groups excluding carboxylic acids is 1. The van der Waals surface area contributed by atoms with Gasteiger partial charge in [0.05, 0.1) is 11.8 Å². The molecule has 108 valence electrons. The second kappa shape index (κ2) is 6.61. The van der Waals surface area contributed by atoms with Crippen molar-refractivity contribution in [2.75, 3.05) is 0 Å². The number of carbonyl (C=O) groups is 1. The predicted octanol–water partition coefficient (Wildman–Crippen LogP) is 3.77. The number of para-hydroxylation sites is 1. The minimum absolute atomic E-state index is 0.104. The van der Waals surface area contributed by atoms with Gasteiger partial charge in [0.25, 0.3) is 5.91 Å². The number of rotatable bonds is 3. The van der Waals surface area contributed by atoms with Crippen molar-refractivity contribution in [1.82, 2.24) is 5.43 Å². The minimum atomic E-state index is -0.505. The highest BCUT2D eigenvalue weighted by Gasteiger charge is 2.09. The molecule has 0 bridgehead atoms. The molecule has 0 aliphatic heterocycles.